The number of nitrogens with one attached hydrogen (secondary N) is 2. The van der Waals surface area contributed by atoms with Gasteiger partial charge >= 0.3 is 5.97 Å². The van der Waals surface area contributed by atoms with Crippen molar-refractivity contribution < 1.29 is 24.0 Å². The normalized spacial score (nSPS) is 11.5. The molecule has 9 nitrogen and oxygen atoms in total. The highest BCUT2D eigenvalue weighted by Crippen LogP contribution is 2.25. The van der Waals surface area contributed by atoms with E-state index in [-0.39, 0.29) is 24.2 Å². The number of hydrogen-bond acceptors (Lipinski definition) is 7. The molecular weight excluding hydrogens is 362 g/mol. The summed E-state index contributed by atoms with van der Waals surface area (Å²) >= 11 is 1.16. The number of ether oxygens (including phenoxy) is 1. The molecule has 0 aliphatic carbocycles. The fraction of sp³-hybridized carbons (Fsp3) is 0.438. The molecule has 1 rings (SSSR count). The standard InChI is InChI=1S/C16H21N3O6S/c1-10(2)18-14(20)8-17-15(21)9-25-16(22)11(3)26-13-6-4-12(5-7-13)19(23)24/h4-7,10-11H,8-9H2,1-3H3,(H,17,21)(H,18,20)/t11-/m0/s1. The molecule has 1 atom stereocenters. The number of esters is 1. The highest BCUT2D eigenvalue weighted by Gasteiger charge is 2.18. The van der Waals surface area contributed by atoms with Crippen molar-refractivity contribution in [1.29, 1.82) is 0 Å². The van der Waals surface area contributed by atoms with Gasteiger partial charge in [-0.1, -0.05) is 0 Å². The van der Waals surface area contributed by atoms with Crippen LogP contribution < -0.4 is 10.6 Å². The molecule has 0 fully saturated rings. The Hall–Kier alpha value is -2.62. The number of thioether (sulfide) groups is 1. The number of nitro groups is 1. The minimum Gasteiger partial charge on any atom is -0.455 e. The summed E-state index contributed by atoms with van der Waals surface area (Å²) in [5, 5.41) is 15.0. The topological polar surface area (TPSA) is 128 Å². The second-order valence-electron chi connectivity index (χ2n) is 5.62. The second kappa shape index (κ2) is 10.4. The van der Waals surface area contributed by atoms with E-state index in [1.165, 1.54) is 24.3 Å². The minimum absolute atomic E-state index is 0.0328. The summed E-state index contributed by atoms with van der Waals surface area (Å²) in [5.74, 6) is -1.51. The molecule has 0 aromatic heterocycles. The quantitative estimate of drug-likeness (QED) is 0.284. The summed E-state index contributed by atoms with van der Waals surface area (Å²) in [6, 6.07) is 5.72. The van der Waals surface area contributed by atoms with Crippen molar-refractivity contribution in [2.24, 2.45) is 0 Å². The third kappa shape index (κ3) is 7.97. The molecule has 142 valence electrons. The maximum Gasteiger partial charge on any atom is 0.319 e. The number of nitro benzene ring substituents is 1. The van der Waals surface area contributed by atoms with E-state index in [1.807, 2.05) is 0 Å². The predicted octanol–water partition coefficient (Wildman–Crippen LogP) is 1.26. The Kier molecular flexibility index (Phi) is 8.56. The molecule has 0 heterocycles. The van der Waals surface area contributed by atoms with Crippen LogP contribution in [0.3, 0.4) is 0 Å². The largest absolute Gasteiger partial charge is 0.455 e. The zero-order valence-electron chi connectivity index (χ0n) is 14.7. The molecular formula is C16H21N3O6S. The molecule has 0 spiro atoms. The molecule has 0 bridgehead atoms. The van der Waals surface area contributed by atoms with Crippen LogP contribution in [0.15, 0.2) is 29.2 Å². The van der Waals surface area contributed by atoms with E-state index in [0.29, 0.717) is 4.90 Å². The van der Waals surface area contributed by atoms with E-state index in [9.17, 15) is 24.5 Å². The fourth-order valence-electron chi connectivity index (χ4n) is 1.76. The van der Waals surface area contributed by atoms with Gasteiger partial charge in [0.15, 0.2) is 6.61 Å². The van der Waals surface area contributed by atoms with Crippen molar-refractivity contribution in [3.63, 3.8) is 0 Å². The van der Waals surface area contributed by atoms with Crippen molar-refractivity contribution in [3.8, 4) is 0 Å². The average molecular weight is 383 g/mol. The van der Waals surface area contributed by atoms with E-state index in [1.54, 1.807) is 20.8 Å². The van der Waals surface area contributed by atoms with Gasteiger partial charge in [-0.3, -0.25) is 24.5 Å². The molecule has 1 aromatic carbocycles. The Morgan fingerprint density at radius 2 is 1.77 bits per heavy atom. The highest BCUT2D eigenvalue weighted by molar-refractivity contribution is 8.00. The molecule has 10 heteroatoms. The molecule has 2 N–H and O–H groups in total. The molecule has 0 aliphatic rings. The van der Waals surface area contributed by atoms with Crippen molar-refractivity contribution in [2.45, 2.75) is 37.0 Å². The molecule has 0 saturated heterocycles. The van der Waals surface area contributed by atoms with Gasteiger partial charge in [0.25, 0.3) is 11.6 Å². The lowest BCUT2D eigenvalue weighted by Crippen LogP contribution is -2.41. The minimum atomic E-state index is -0.603. The first-order valence-corrected chi connectivity index (χ1v) is 8.70. The van der Waals surface area contributed by atoms with Crippen molar-refractivity contribution in [3.05, 3.63) is 34.4 Å². The monoisotopic (exact) mass is 383 g/mol. The molecule has 0 unspecified atom stereocenters. The number of hydrogen-bond donors (Lipinski definition) is 2. The summed E-state index contributed by atoms with van der Waals surface area (Å²) in [6.45, 7) is 4.51. The van der Waals surface area contributed by atoms with E-state index < -0.39 is 28.7 Å². The van der Waals surface area contributed by atoms with Crippen LogP contribution in [0.25, 0.3) is 0 Å². The van der Waals surface area contributed by atoms with Gasteiger partial charge in [0.1, 0.15) is 5.25 Å². The third-order valence-electron chi connectivity index (χ3n) is 2.93. The van der Waals surface area contributed by atoms with Crippen molar-refractivity contribution >= 4 is 35.2 Å². The maximum absolute atomic E-state index is 11.9. The van der Waals surface area contributed by atoms with Crippen LogP contribution in [0.4, 0.5) is 5.69 Å². The zero-order valence-corrected chi connectivity index (χ0v) is 15.5. The van der Waals surface area contributed by atoms with Crippen LogP contribution in [-0.2, 0) is 19.1 Å². The van der Waals surface area contributed by atoms with Gasteiger partial charge in [-0.05, 0) is 32.9 Å². The number of amides is 2. The van der Waals surface area contributed by atoms with E-state index in [4.69, 9.17) is 4.74 Å². The van der Waals surface area contributed by atoms with Gasteiger partial charge in [-0.15, -0.1) is 11.8 Å². The summed E-state index contributed by atoms with van der Waals surface area (Å²) < 4.78 is 4.90. The number of non-ortho nitro benzene ring substituents is 1. The van der Waals surface area contributed by atoms with Gasteiger partial charge in [-0.25, -0.2) is 0 Å². The Balaban J connectivity index is 2.36. The summed E-state index contributed by atoms with van der Waals surface area (Å²) in [4.78, 5) is 45.6. The molecule has 0 radical (unpaired) electrons. The zero-order chi connectivity index (χ0) is 19.7. The Morgan fingerprint density at radius 3 is 2.31 bits per heavy atom. The van der Waals surface area contributed by atoms with Gasteiger partial charge in [0.05, 0.1) is 11.5 Å². The molecule has 0 saturated carbocycles. The van der Waals surface area contributed by atoms with Crippen LogP contribution in [0.2, 0.25) is 0 Å². The van der Waals surface area contributed by atoms with Gasteiger partial charge in [-0.2, -0.15) is 0 Å². The lowest BCUT2D eigenvalue weighted by atomic mass is 10.3. The molecule has 26 heavy (non-hydrogen) atoms. The summed E-state index contributed by atoms with van der Waals surface area (Å²) in [6.07, 6.45) is 0. The maximum atomic E-state index is 11.9. The fourth-order valence-corrected chi connectivity index (χ4v) is 2.62. The van der Waals surface area contributed by atoms with Gasteiger partial charge < -0.3 is 15.4 Å². The Labute approximate surface area is 155 Å². The lowest BCUT2D eigenvalue weighted by molar-refractivity contribution is -0.384. The Morgan fingerprint density at radius 1 is 1.15 bits per heavy atom. The number of nitrogens with zero attached hydrogens (tertiary/aromatic N) is 1. The van der Waals surface area contributed by atoms with Gasteiger partial charge in [0, 0.05) is 23.1 Å². The van der Waals surface area contributed by atoms with Gasteiger partial charge in [0.2, 0.25) is 5.91 Å². The number of carbonyl (C=O) groups excluding carboxylic acids is 3. The van der Waals surface area contributed by atoms with Crippen LogP contribution in [0.1, 0.15) is 20.8 Å². The predicted molar refractivity (Wildman–Crippen MR) is 95.7 cm³/mol. The number of carbonyl (C=O) groups is 3. The third-order valence-corrected chi connectivity index (χ3v) is 4.02. The van der Waals surface area contributed by atoms with Crippen LogP contribution in [0, 0.1) is 10.1 Å². The van der Waals surface area contributed by atoms with E-state index in [2.05, 4.69) is 10.6 Å². The molecule has 0 aliphatic heterocycles. The van der Waals surface area contributed by atoms with Crippen molar-refractivity contribution in [1.82, 2.24) is 10.6 Å². The first-order chi connectivity index (χ1) is 12.2. The second-order valence-corrected chi connectivity index (χ2v) is 7.03. The van der Waals surface area contributed by atoms with Crippen LogP contribution in [-0.4, -0.2) is 47.2 Å². The molecule has 1 aromatic rings. The smallest absolute Gasteiger partial charge is 0.319 e. The molecule has 2 amide bonds. The highest BCUT2D eigenvalue weighted by atomic mass is 32.2. The number of benzene rings is 1. The summed E-state index contributed by atoms with van der Waals surface area (Å²) in [7, 11) is 0. The van der Waals surface area contributed by atoms with Crippen LogP contribution >= 0.6 is 11.8 Å². The first-order valence-electron chi connectivity index (χ1n) is 7.83. The lowest BCUT2D eigenvalue weighted by Gasteiger charge is -2.12. The SMILES string of the molecule is CC(C)NC(=O)CNC(=O)COC(=O)[C@H](C)Sc1ccc([N+](=O)[O-])cc1. The average Bonchev–Trinajstić information content (AvgIpc) is 2.57. The van der Waals surface area contributed by atoms with E-state index in [0.717, 1.165) is 11.8 Å². The van der Waals surface area contributed by atoms with Crippen molar-refractivity contribution in [2.75, 3.05) is 13.2 Å². The van der Waals surface area contributed by atoms with E-state index >= 15 is 0 Å². The Bertz CT molecular complexity index is 662. The number of rotatable bonds is 9. The first kappa shape index (κ1) is 21.4. The van der Waals surface area contributed by atoms with Crippen LogP contribution in [0.5, 0.6) is 0 Å². The summed E-state index contributed by atoms with van der Waals surface area (Å²) in [5.41, 5.74) is -0.0391.